The Labute approximate surface area is 181 Å². The zero-order valence-electron chi connectivity index (χ0n) is 17.2. The fourth-order valence-electron chi connectivity index (χ4n) is 2.93. The van der Waals surface area contributed by atoms with Crippen LogP contribution in [0.15, 0.2) is 77.3 Å². The quantitative estimate of drug-likeness (QED) is 0.461. The third-order valence-electron chi connectivity index (χ3n) is 4.74. The van der Waals surface area contributed by atoms with Crippen molar-refractivity contribution in [3.63, 3.8) is 0 Å². The van der Waals surface area contributed by atoms with Gasteiger partial charge in [-0.1, -0.05) is 69.3 Å². The van der Waals surface area contributed by atoms with E-state index in [2.05, 4.69) is 54.2 Å². The molecule has 0 radical (unpaired) electrons. The normalized spacial score (nSPS) is 12.3. The molecule has 3 nitrogen and oxygen atoms in total. The summed E-state index contributed by atoms with van der Waals surface area (Å²) in [6.07, 6.45) is -0.619. The van der Waals surface area contributed by atoms with Crippen LogP contribution in [-0.4, -0.2) is 12.0 Å². The van der Waals surface area contributed by atoms with Gasteiger partial charge in [0.05, 0.1) is 5.69 Å². The Kier molecular flexibility index (Phi) is 6.43. The fraction of sp³-hybridized carbons (Fsp3) is 0.240. The van der Waals surface area contributed by atoms with Crippen LogP contribution < -0.4 is 10.1 Å². The van der Waals surface area contributed by atoms with Crippen LogP contribution in [-0.2, 0) is 10.2 Å². The van der Waals surface area contributed by atoms with E-state index < -0.39 is 6.10 Å². The minimum absolute atomic E-state index is 0.0490. The SMILES string of the molecule is CC(Oc1ccc(-c2ccccc2)cc1)C(=O)Nc1ccc(C(C)(C)C)cc1Br. The van der Waals surface area contributed by atoms with E-state index in [1.807, 2.05) is 60.7 Å². The maximum Gasteiger partial charge on any atom is 0.265 e. The third kappa shape index (κ3) is 5.48. The number of nitrogens with one attached hydrogen (secondary N) is 1. The Morgan fingerprint density at radius 2 is 1.55 bits per heavy atom. The largest absolute Gasteiger partial charge is 0.481 e. The van der Waals surface area contributed by atoms with Crippen LogP contribution in [0.2, 0.25) is 0 Å². The Morgan fingerprint density at radius 1 is 0.931 bits per heavy atom. The van der Waals surface area contributed by atoms with Crippen molar-refractivity contribution >= 4 is 27.5 Å². The monoisotopic (exact) mass is 451 g/mol. The summed E-state index contributed by atoms with van der Waals surface area (Å²) in [6.45, 7) is 8.22. The minimum atomic E-state index is -0.619. The van der Waals surface area contributed by atoms with Gasteiger partial charge in [-0.3, -0.25) is 4.79 Å². The molecule has 0 aromatic heterocycles. The van der Waals surface area contributed by atoms with Gasteiger partial charge in [0.2, 0.25) is 0 Å². The first-order chi connectivity index (χ1) is 13.7. The van der Waals surface area contributed by atoms with Gasteiger partial charge in [-0.2, -0.15) is 0 Å². The second-order valence-electron chi connectivity index (χ2n) is 8.08. The average molecular weight is 452 g/mol. The molecule has 3 aromatic rings. The highest BCUT2D eigenvalue weighted by Gasteiger charge is 2.18. The number of halogens is 1. The van der Waals surface area contributed by atoms with Gasteiger partial charge in [0, 0.05) is 4.47 Å². The Bertz CT molecular complexity index is 976. The lowest BCUT2D eigenvalue weighted by molar-refractivity contribution is -0.122. The molecule has 0 aliphatic carbocycles. The highest BCUT2D eigenvalue weighted by atomic mass is 79.9. The lowest BCUT2D eigenvalue weighted by atomic mass is 9.87. The Morgan fingerprint density at radius 3 is 2.14 bits per heavy atom. The van der Waals surface area contributed by atoms with Gasteiger partial charge in [0.25, 0.3) is 5.91 Å². The number of ether oxygens (including phenoxy) is 1. The predicted molar refractivity (Wildman–Crippen MR) is 123 cm³/mol. The fourth-order valence-corrected chi connectivity index (χ4v) is 3.41. The first-order valence-corrected chi connectivity index (χ1v) is 10.5. The van der Waals surface area contributed by atoms with Crippen molar-refractivity contribution in [3.05, 3.63) is 82.8 Å². The van der Waals surface area contributed by atoms with E-state index in [1.165, 1.54) is 5.56 Å². The molecule has 0 spiro atoms. The smallest absolute Gasteiger partial charge is 0.265 e. The van der Waals surface area contributed by atoms with Gasteiger partial charge in [-0.15, -0.1) is 0 Å². The lowest BCUT2D eigenvalue weighted by Crippen LogP contribution is -2.30. The van der Waals surface area contributed by atoms with Crippen LogP contribution in [0.3, 0.4) is 0 Å². The lowest BCUT2D eigenvalue weighted by Gasteiger charge is -2.21. The van der Waals surface area contributed by atoms with Crippen LogP contribution in [0.1, 0.15) is 33.3 Å². The third-order valence-corrected chi connectivity index (χ3v) is 5.39. The van der Waals surface area contributed by atoms with E-state index >= 15 is 0 Å². The highest BCUT2D eigenvalue weighted by Crippen LogP contribution is 2.30. The standard InChI is InChI=1S/C25H26BrNO2/c1-17(24(28)27-23-15-12-20(16-22(23)26)25(2,3)4)29-21-13-10-19(11-14-21)18-8-6-5-7-9-18/h5-17H,1-4H3,(H,27,28). The maximum atomic E-state index is 12.6. The minimum Gasteiger partial charge on any atom is -0.481 e. The number of amides is 1. The summed E-state index contributed by atoms with van der Waals surface area (Å²) in [5.41, 5.74) is 4.24. The molecule has 0 fully saturated rings. The molecule has 0 aliphatic heterocycles. The zero-order valence-corrected chi connectivity index (χ0v) is 18.8. The molecular weight excluding hydrogens is 426 g/mol. The van der Waals surface area contributed by atoms with E-state index in [4.69, 9.17) is 4.74 Å². The van der Waals surface area contributed by atoms with E-state index in [-0.39, 0.29) is 11.3 Å². The molecule has 4 heteroatoms. The number of hydrogen-bond donors (Lipinski definition) is 1. The van der Waals surface area contributed by atoms with Crippen molar-refractivity contribution in [1.29, 1.82) is 0 Å². The molecule has 150 valence electrons. The second kappa shape index (κ2) is 8.83. The van der Waals surface area contributed by atoms with Gasteiger partial charge < -0.3 is 10.1 Å². The summed E-state index contributed by atoms with van der Waals surface area (Å²) in [5.74, 6) is 0.468. The second-order valence-corrected chi connectivity index (χ2v) is 8.94. The molecule has 1 atom stereocenters. The van der Waals surface area contributed by atoms with E-state index in [9.17, 15) is 4.79 Å². The van der Waals surface area contributed by atoms with Crippen molar-refractivity contribution < 1.29 is 9.53 Å². The molecule has 0 saturated heterocycles. The predicted octanol–water partition coefficient (Wildman–Crippen LogP) is 6.82. The van der Waals surface area contributed by atoms with Crippen LogP contribution in [0.25, 0.3) is 11.1 Å². The number of rotatable bonds is 5. The summed E-state index contributed by atoms with van der Waals surface area (Å²) < 4.78 is 6.69. The molecule has 0 bridgehead atoms. The van der Waals surface area contributed by atoms with E-state index in [0.29, 0.717) is 5.75 Å². The number of benzene rings is 3. The highest BCUT2D eigenvalue weighted by molar-refractivity contribution is 9.10. The van der Waals surface area contributed by atoms with Gasteiger partial charge in [-0.25, -0.2) is 0 Å². The molecule has 1 unspecified atom stereocenters. The molecule has 0 saturated carbocycles. The molecule has 1 amide bonds. The molecule has 29 heavy (non-hydrogen) atoms. The zero-order chi connectivity index (χ0) is 21.0. The number of hydrogen-bond acceptors (Lipinski definition) is 2. The van der Waals surface area contributed by atoms with E-state index in [1.54, 1.807) is 6.92 Å². The van der Waals surface area contributed by atoms with Gasteiger partial charge in [-0.05, 0) is 69.2 Å². The van der Waals surface area contributed by atoms with Crippen molar-refractivity contribution in [1.82, 2.24) is 0 Å². The number of anilines is 1. The molecule has 3 rings (SSSR count). The summed E-state index contributed by atoms with van der Waals surface area (Å²) in [7, 11) is 0. The molecule has 0 heterocycles. The van der Waals surface area contributed by atoms with Gasteiger partial charge in [0.1, 0.15) is 5.75 Å². The van der Waals surface area contributed by atoms with Crippen LogP contribution in [0, 0.1) is 0 Å². The van der Waals surface area contributed by atoms with Crippen molar-refractivity contribution in [2.75, 3.05) is 5.32 Å². The van der Waals surface area contributed by atoms with Crippen LogP contribution >= 0.6 is 15.9 Å². The summed E-state index contributed by atoms with van der Waals surface area (Å²) >= 11 is 3.56. The van der Waals surface area contributed by atoms with Crippen LogP contribution in [0.4, 0.5) is 5.69 Å². The first-order valence-electron chi connectivity index (χ1n) is 9.67. The Hall–Kier alpha value is -2.59. The van der Waals surface area contributed by atoms with Crippen molar-refractivity contribution in [2.24, 2.45) is 0 Å². The molecular formula is C25H26BrNO2. The maximum absolute atomic E-state index is 12.6. The van der Waals surface area contributed by atoms with Gasteiger partial charge >= 0.3 is 0 Å². The summed E-state index contributed by atoms with van der Waals surface area (Å²) in [4.78, 5) is 12.6. The summed E-state index contributed by atoms with van der Waals surface area (Å²) in [6, 6.07) is 23.9. The van der Waals surface area contributed by atoms with Gasteiger partial charge in [0.15, 0.2) is 6.10 Å². The van der Waals surface area contributed by atoms with Crippen molar-refractivity contribution in [2.45, 2.75) is 39.2 Å². The average Bonchev–Trinajstić information content (AvgIpc) is 2.70. The summed E-state index contributed by atoms with van der Waals surface area (Å²) in [5, 5.41) is 2.94. The van der Waals surface area contributed by atoms with Crippen molar-refractivity contribution in [3.8, 4) is 16.9 Å². The Balaban J connectivity index is 1.64. The molecule has 1 N–H and O–H groups in total. The first kappa shape index (κ1) is 21.1. The molecule has 3 aromatic carbocycles. The molecule has 0 aliphatic rings. The van der Waals surface area contributed by atoms with E-state index in [0.717, 1.165) is 21.3 Å². The van der Waals surface area contributed by atoms with Crippen LogP contribution in [0.5, 0.6) is 5.75 Å². The topological polar surface area (TPSA) is 38.3 Å². The number of carbonyl (C=O) groups excluding carboxylic acids is 1. The number of carbonyl (C=O) groups is 1.